The first kappa shape index (κ1) is 17.4. The summed E-state index contributed by atoms with van der Waals surface area (Å²) in [6.07, 6.45) is 6.80. The number of rotatable bonds is 5. The van der Waals surface area contributed by atoms with E-state index in [-0.39, 0.29) is 5.92 Å². The Hall–Kier alpha value is -2.97. The lowest BCUT2D eigenvalue weighted by Crippen LogP contribution is -2.13. The maximum Gasteiger partial charge on any atom is 0.0687 e. The van der Waals surface area contributed by atoms with Gasteiger partial charge in [-0.25, -0.2) is 0 Å². The van der Waals surface area contributed by atoms with Crippen molar-refractivity contribution in [1.29, 1.82) is 5.41 Å². The Balaban J connectivity index is 1.83. The first-order chi connectivity index (χ1) is 13.1. The third-order valence-corrected chi connectivity index (χ3v) is 5.02. The van der Waals surface area contributed by atoms with Crippen LogP contribution in [0.25, 0.3) is 10.8 Å². The van der Waals surface area contributed by atoms with Crippen LogP contribution in [0.1, 0.15) is 22.6 Å². The van der Waals surface area contributed by atoms with Crippen molar-refractivity contribution in [2.24, 2.45) is 0 Å². The Morgan fingerprint density at radius 3 is 2.30 bits per heavy atom. The minimum atomic E-state index is 0.212. The highest BCUT2D eigenvalue weighted by atomic mass is 15.0. The molecule has 0 saturated carbocycles. The smallest absolute Gasteiger partial charge is 0.0687 e. The van der Waals surface area contributed by atoms with Crippen molar-refractivity contribution in [1.82, 2.24) is 4.90 Å². The highest BCUT2D eigenvalue weighted by Gasteiger charge is 2.19. The first-order valence-electron chi connectivity index (χ1n) is 9.32. The number of nitrogens with zero attached hydrogens (tertiary/aromatic N) is 1. The van der Waals surface area contributed by atoms with Crippen molar-refractivity contribution in [2.45, 2.75) is 5.92 Å². The van der Waals surface area contributed by atoms with Gasteiger partial charge in [-0.2, -0.15) is 0 Å². The third kappa shape index (κ3) is 3.62. The molecule has 0 aliphatic heterocycles. The van der Waals surface area contributed by atoms with Crippen LogP contribution >= 0.6 is 0 Å². The van der Waals surface area contributed by atoms with E-state index in [4.69, 9.17) is 5.41 Å². The normalized spacial score (nSPS) is 16.1. The van der Waals surface area contributed by atoms with E-state index in [1.165, 1.54) is 21.9 Å². The van der Waals surface area contributed by atoms with Crippen LogP contribution in [0.4, 0.5) is 0 Å². The summed E-state index contributed by atoms with van der Waals surface area (Å²) in [5.41, 5.74) is 5.08. The Bertz CT molecular complexity index is 1040. The molecule has 1 aliphatic carbocycles. The van der Waals surface area contributed by atoms with E-state index in [0.717, 1.165) is 17.7 Å². The molecule has 0 fully saturated rings. The van der Waals surface area contributed by atoms with Crippen LogP contribution < -0.4 is 0 Å². The molecule has 2 heteroatoms. The number of benzene rings is 3. The summed E-state index contributed by atoms with van der Waals surface area (Å²) in [5.74, 6) is 0.212. The summed E-state index contributed by atoms with van der Waals surface area (Å²) in [7, 11) is 4.18. The molecule has 0 spiro atoms. The third-order valence-electron chi connectivity index (χ3n) is 5.02. The lowest BCUT2D eigenvalue weighted by molar-refractivity contribution is 0.449. The van der Waals surface area contributed by atoms with E-state index in [9.17, 15) is 0 Å². The van der Waals surface area contributed by atoms with Gasteiger partial charge in [0.15, 0.2) is 0 Å². The van der Waals surface area contributed by atoms with Crippen LogP contribution in [0.3, 0.4) is 0 Å². The van der Waals surface area contributed by atoms with Gasteiger partial charge in [-0.1, -0.05) is 72.8 Å². The highest BCUT2D eigenvalue weighted by molar-refractivity contribution is 6.13. The van der Waals surface area contributed by atoms with Crippen LogP contribution in [0.5, 0.6) is 0 Å². The maximum atomic E-state index is 8.86. The van der Waals surface area contributed by atoms with Crippen LogP contribution in [0.2, 0.25) is 0 Å². The number of nitrogens with one attached hydrogen (secondary N) is 1. The van der Waals surface area contributed by atoms with Gasteiger partial charge in [0.25, 0.3) is 0 Å². The standard InChI is InChI=1S/C25H24N2/c1-27(2)17-18-12-13-22(14-18)23-15-20-10-6-7-11-21(20)16-24(23)25(26)19-8-4-3-5-9-19/h3-16,22,26H,17H2,1-2H3. The van der Waals surface area contributed by atoms with E-state index in [1.54, 1.807) is 0 Å². The van der Waals surface area contributed by atoms with E-state index in [1.807, 2.05) is 30.3 Å². The van der Waals surface area contributed by atoms with Gasteiger partial charge in [0.2, 0.25) is 0 Å². The van der Waals surface area contributed by atoms with Crippen LogP contribution in [0, 0.1) is 5.41 Å². The van der Waals surface area contributed by atoms with Crippen LogP contribution in [0.15, 0.2) is 90.5 Å². The molecule has 0 amide bonds. The number of hydrogen-bond donors (Lipinski definition) is 1. The second kappa shape index (κ2) is 7.34. The molecule has 2 nitrogen and oxygen atoms in total. The first-order valence-corrected chi connectivity index (χ1v) is 9.32. The average Bonchev–Trinajstić information content (AvgIpc) is 3.14. The maximum absolute atomic E-state index is 8.86. The molecule has 0 bridgehead atoms. The number of fused-ring (bicyclic) bond motifs is 1. The predicted molar refractivity (Wildman–Crippen MR) is 115 cm³/mol. The second-order valence-corrected chi connectivity index (χ2v) is 7.39. The molecular formula is C25H24N2. The minimum Gasteiger partial charge on any atom is -0.305 e. The lowest BCUT2D eigenvalue weighted by atomic mass is 9.88. The predicted octanol–water partition coefficient (Wildman–Crippen LogP) is 5.40. The van der Waals surface area contributed by atoms with Crippen molar-refractivity contribution in [3.8, 4) is 0 Å². The van der Waals surface area contributed by atoms with E-state index in [2.05, 4.69) is 73.6 Å². The topological polar surface area (TPSA) is 27.1 Å². The molecule has 1 atom stereocenters. The second-order valence-electron chi connectivity index (χ2n) is 7.39. The zero-order chi connectivity index (χ0) is 18.8. The molecule has 134 valence electrons. The molecule has 3 aromatic carbocycles. The minimum absolute atomic E-state index is 0.212. The van der Waals surface area contributed by atoms with Crippen molar-refractivity contribution >= 4 is 16.5 Å². The number of allylic oxidation sites excluding steroid dienone is 2. The monoisotopic (exact) mass is 352 g/mol. The average molecular weight is 352 g/mol. The van der Waals surface area contributed by atoms with Crippen molar-refractivity contribution in [2.75, 3.05) is 20.6 Å². The molecule has 0 radical (unpaired) electrons. The molecule has 0 aromatic heterocycles. The molecule has 27 heavy (non-hydrogen) atoms. The van der Waals surface area contributed by atoms with Crippen molar-refractivity contribution in [3.05, 3.63) is 107 Å². The number of hydrogen-bond acceptors (Lipinski definition) is 2. The quantitative estimate of drug-likeness (QED) is 0.612. The molecular weight excluding hydrogens is 328 g/mol. The zero-order valence-electron chi connectivity index (χ0n) is 15.8. The van der Waals surface area contributed by atoms with Crippen LogP contribution in [-0.4, -0.2) is 31.3 Å². The largest absolute Gasteiger partial charge is 0.305 e. The Morgan fingerprint density at radius 1 is 0.926 bits per heavy atom. The fourth-order valence-electron chi connectivity index (χ4n) is 3.74. The Labute approximate surface area is 161 Å². The fraction of sp³-hybridized carbons (Fsp3) is 0.160. The zero-order valence-corrected chi connectivity index (χ0v) is 15.8. The van der Waals surface area contributed by atoms with Gasteiger partial charge in [-0.15, -0.1) is 0 Å². The molecule has 1 unspecified atom stereocenters. The number of likely N-dealkylation sites (N-methyl/N-ethyl adjacent to an activating group) is 1. The lowest BCUT2D eigenvalue weighted by Gasteiger charge is -2.16. The van der Waals surface area contributed by atoms with Gasteiger partial charge in [-0.05, 0) is 48.1 Å². The fourth-order valence-corrected chi connectivity index (χ4v) is 3.74. The van der Waals surface area contributed by atoms with Crippen molar-refractivity contribution < 1.29 is 0 Å². The summed E-state index contributed by atoms with van der Waals surface area (Å²) < 4.78 is 0. The highest BCUT2D eigenvalue weighted by Crippen LogP contribution is 2.33. The molecule has 1 aliphatic rings. The molecule has 4 rings (SSSR count). The summed E-state index contributed by atoms with van der Waals surface area (Å²) in [6, 6.07) is 22.8. The summed E-state index contributed by atoms with van der Waals surface area (Å²) >= 11 is 0. The van der Waals surface area contributed by atoms with Gasteiger partial charge in [0.05, 0.1) is 5.71 Å². The van der Waals surface area contributed by atoms with Crippen LogP contribution in [-0.2, 0) is 0 Å². The summed E-state index contributed by atoms with van der Waals surface area (Å²) in [6.45, 7) is 0.937. The van der Waals surface area contributed by atoms with E-state index < -0.39 is 0 Å². The molecule has 3 aromatic rings. The van der Waals surface area contributed by atoms with Gasteiger partial charge >= 0.3 is 0 Å². The molecule has 0 saturated heterocycles. The van der Waals surface area contributed by atoms with Crippen molar-refractivity contribution in [3.63, 3.8) is 0 Å². The molecule has 0 heterocycles. The van der Waals surface area contributed by atoms with E-state index >= 15 is 0 Å². The SMILES string of the molecule is CN(C)CC1=CC(c2cc3ccccc3cc2C(=N)c2ccccc2)C=C1. The van der Waals surface area contributed by atoms with Gasteiger partial charge < -0.3 is 4.90 Å². The Kier molecular flexibility index (Phi) is 4.74. The summed E-state index contributed by atoms with van der Waals surface area (Å²) in [5, 5.41) is 11.3. The summed E-state index contributed by atoms with van der Waals surface area (Å²) in [4.78, 5) is 2.19. The van der Waals surface area contributed by atoms with E-state index in [0.29, 0.717) is 5.71 Å². The Morgan fingerprint density at radius 2 is 1.59 bits per heavy atom. The van der Waals surface area contributed by atoms with Gasteiger partial charge in [0.1, 0.15) is 0 Å². The van der Waals surface area contributed by atoms with Gasteiger partial charge in [0, 0.05) is 23.6 Å². The van der Waals surface area contributed by atoms with Gasteiger partial charge in [-0.3, -0.25) is 5.41 Å². The molecule has 1 N–H and O–H groups in total.